The molecule has 0 aromatic carbocycles. The second kappa shape index (κ2) is 7.38. The van der Waals surface area contributed by atoms with Crippen molar-refractivity contribution in [3.63, 3.8) is 0 Å². The Balaban J connectivity index is 2.61. The standard InChI is InChI=1S/C13H18N4O2/c1-2-3-6-17-10-11(9-12(17)18)13(19)16(7-4-14)8-5-15/h11H,2-3,6-10H2,1H3/t11-/m1/s1. The Hall–Kier alpha value is -2.08. The van der Waals surface area contributed by atoms with Crippen LogP contribution in [0.3, 0.4) is 0 Å². The zero-order chi connectivity index (χ0) is 14.3. The normalized spacial score (nSPS) is 17.9. The number of likely N-dealkylation sites (tertiary alicyclic amines) is 1. The first-order valence-corrected chi connectivity index (χ1v) is 6.44. The predicted molar refractivity (Wildman–Crippen MR) is 67.4 cm³/mol. The van der Waals surface area contributed by atoms with E-state index in [-0.39, 0.29) is 31.3 Å². The quantitative estimate of drug-likeness (QED) is 0.652. The second-order valence-corrected chi connectivity index (χ2v) is 4.60. The number of nitriles is 2. The van der Waals surface area contributed by atoms with E-state index in [4.69, 9.17) is 10.5 Å². The molecule has 6 heteroatoms. The summed E-state index contributed by atoms with van der Waals surface area (Å²) in [6, 6.07) is 3.74. The third-order valence-electron chi connectivity index (χ3n) is 3.18. The summed E-state index contributed by atoms with van der Waals surface area (Å²) in [6.45, 7) is 2.92. The van der Waals surface area contributed by atoms with E-state index in [9.17, 15) is 9.59 Å². The minimum atomic E-state index is -0.411. The number of carbonyl (C=O) groups excluding carboxylic acids is 2. The van der Waals surface area contributed by atoms with Gasteiger partial charge in [0.15, 0.2) is 0 Å². The summed E-state index contributed by atoms with van der Waals surface area (Å²) in [4.78, 5) is 26.8. The summed E-state index contributed by atoms with van der Waals surface area (Å²) in [7, 11) is 0. The summed E-state index contributed by atoms with van der Waals surface area (Å²) in [5, 5.41) is 17.3. The van der Waals surface area contributed by atoms with Crippen molar-refractivity contribution in [2.45, 2.75) is 26.2 Å². The SMILES string of the molecule is CCCCN1C[C@H](C(=O)N(CC#N)CC#N)CC1=O. The number of rotatable bonds is 6. The van der Waals surface area contributed by atoms with Crippen LogP contribution in [0.15, 0.2) is 0 Å². The lowest BCUT2D eigenvalue weighted by Gasteiger charge is -2.20. The van der Waals surface area contributed by atoms with Crippen molar-refractivity contribution in [1.29, 1.82) is 10.5 Å². The topological polar surface area (TPSA) is 88.2 Å². The van der Waals surface area contributed by atoms with Gasteiger partial charge in [-0.05, 0) is 6.42 Å². The predicted octanol–water partition coefficient (Wildman–Crippen LogP) is 0.511. The van der Waals surface area contributed by atoms with Crippen molar-refractivity contribution in [2.75, 3.05) is 26.2 Å². The Morgan fingerprint density at radius 2 is 2.05 bits per heavy atom. The van der Waals surface area contributed by atoms with Gasteiger partial charge >= 0.3 is 0 Å². The van der Waals surface area contributed by atoms with Crippen LogP contribution in [0.1, 0.15) is 26.2 Å². The lowest BCUT2D eigenvalue weighted by molar-refractivity contribution is -0.134. The summed E-state index contributed by atoms with van der Waals surface area (Å²) in [5.41, 5.74) is 0. The van der Waals surface area contributed by atoms with E-state index in [1.807, 2.05) is 19.1 Å². The molecule has 0 radical (unpaired) electrons. The molecule has 102 valence electrons. The van der Waals surface area contributed by atoms with Gasteiger partial charge in [0.2, 0.25) is 11.8 Å². The molecule has 19 heavy (non-hydrogen) atoms. The van der Waals surface area contributed by atoms with Crippen LogP contribution in [0.4, 0.5) is 0 Å². The van der Waals surface area contributed by atoms with Crippen LogP contribution in [0.2, 0.25) is 0 Å². The van der Waals surface area contributed by atoms with Crippen LogP contribution in [0.25, 0.3) is 0 Å². The number of hydrogen-bond donors (Lipinski definition) is 0. The van der Waals surface area contributed by atoms with Crippen LogP contribution in [0, 0.1) is 28.6 Å². The van der Waals surface area contributed by atoms with Gasteiger partial charge in [-0.1, -0.05) is 13.3 Å². The minimum absolute atomic E-state index is 0.0133. The molecule has 1 saturated heterocycles. The van der Waals surface area contributed by atoms with Crippen LogP contribution >= 0.6 is 0 Å². The second-order valence-electron chi connectivity index (χ2n) is 4.60. The minimum Gasteiger partial charge on any atom is -0.342 e. The van der Waals surface area contributed by atoms with Gasteiger partial charge in [0.1, 0.15) is 13.1 Å². The number of amides is 2. The third-order valence-corrected chi connectivity index (χ3v) is 3.18. The lowest BCUT2D eigenvalue weighted by Crippen LogP contribution is -2.38. The van der Waals surface area contributed by atoms with Crippen molar-refractivity contribution in [1.82, 2.24) is 9.80 Å². The molecule has 2 amide bonds. The van der Waals surface area contributed by atoms with Crippen LogP contribution in [-0.4, -0.2) is 47.8 Å². The summed E-state index contributed by atoms with van der Waals surface area (Å²) >= 11 is 0. The Bertz CT molecular complexity index is 405. The molecule has 0 aromatic rings. The number of hydrogen-bond acceptors (Lipinski definition) is 4. The average molecular weight is 262 g/mol. The molecular weight excluding hydrogens is 244 g/mol. The van der Waals surface area contributed by atoms with Crippen molar-refractivity contribution in [3.05, 3.63) is 0 Å². The smallest absolute Gasteiger partial charge is 0.229 e. The maximum absolute atomic E-state index is 12.1. The van der Waals surface area contributed by atoms with E-state index in [0.29, 0.717) is 13.1 Å². The van der Waals surface area contributed by atoms with E-state index < -0.39 is 5.92 Å². The molecular formula is C13H18N4O2. The Labute approximate surface area is 113 Å². The van der Waals surface area contributed by atoms with E-state index in [1.165, 1.54) is 4.90 Å². The molecule has 0 unspecified atom stereocenters. The fourth-order valence-electron chi connectivity index (χ4n) is 2.14. The van der Waals surface area contributed by atoms with Gasteiger partial charge in [-0.25, -0.2) is 0 Å². The maximum Gasteiger partial charge on any atom is 0.229 e. The molecule has 1 aliphatic rings. The number of unbranched alkanes of at least 4 members (excludes halogenated alkanes) is 1. The van der Waals surface area contributed by atoms with Crippen molar-refractivity contribution in [2.24, 2.45) is 5.92 Å². The first-order valence-electron chi connectivity index (χ1n) is 6.44. The summed E-state index contributed by atoms with van der Waals surface area (Å²) < 4.78 is 0. The zero-order valence-electron chi connectivity index (χ0n) is 11.1. The highest BCUT2D eigenvalue weighted by Gasteiger charge is 2.35. The zero-order valence-corrected chi connectivity index (χ0v) is 11.1. The first-order chi connectivity index (χ1) is 9.13. The Morgan fingerprint density at radius 3 is 2.58 bits per heavy atom. The highest BCUT2D eigenvalue weighted by molar-refractivity contribution is 5.89. The molecule has 1 atom stereocenters. The van der Waals surface area contributed by atoms with Gasteiger partial charge < -0.3 is 9.80 Å². The maximum atomic E-state index is 12.1. The van der Waals surface area contributed by atoms with E-state index in [0.717, 1.165) is 12.8 Å². The van der Waals surface area contributed by atoms with E-state index in [1.54, 1.807) is 4.90 Å². The van der Waals surface area contributed by atoms with Crippen LogP contribution in [0.5, 0.6) is 0 Å². The molecule has 0 aromatic heterocycles. The first kappa shape index (κ1) is 15.0. The molecule has 0 N–H and O–H groups in total. The molecule has 0 aliphatic carbocycles. The van der Waals surface area contributed by atoms with E-state index >= 15 is 0 Å². The fourth-order valence-corrected chi connectivity index (χ4v) is 2.14. The molecule has 1 aliphatic heterocycles. The van der Waals surface area contributed by atoms with Gasteiger partial charge in [0, 0.05) is 19.5 Å². The van der Waals surface area contributed by atoms with Crippen LogP contribution in [-0.2, 0) is 9.59 Å². The number of nitrogens with zero attached hydrogens (tertiary/aromatic N) is 4. The molecule has 1 fully saturated rings. The average Bonchev–Trinajstić information content (AvgIpc) is 2.76. The monoisotopic (exact) mass is 262 g/mol. The van der Waals surface area contributed by atoms with Gasteiger partial charge in [0.05, 0.1) is 18.1 Å². The fraction of sp³-hybridized carbons (Fsp3) is 0.692. The van der Waals surface area contributed by atoms with Crippen molar-refractivity contribution < 1.29 is 9.59 Å². The number of carbonyl (C=O) groups is 2. The lowest BCUT2D eigenvalue weighted by atomic mass is 10.1. The highest BCUT2D eigenvalue weighted by atomic mass is 16.2. The third kappa shape index (κ3) is 3.96. The molecule has 6 nitrogen and oxygen atoms in total. The summed E-state index contributed by atoms with van der Waals surface area (Å²) in [6.07, 6.45) is 2.11. The molecule has 0 spiro atoms. The Morgan fingerprint density at radius 1 is 1.42 bits per heavy atom. The molecule has 0 bridgehead atoms. The van der Waals surface area contributed by atoms with Gasteiger partial charge in [-0.3, -0.25) is 9.59 Å². The molecule has 0 saturated carbocycles. The molecule has 1 heterocycles. The summed E-state index contributed by atoms with van der Waals surface area (Å²) in [5.74, 6) is -0.692. The van der Waals surface area contributed by atoms with Crippen LogP contribution < -0.4 is 0 Å². The molecule has 1 rings (SSSR count). The van der Waals surface area contributed by atoms with E-state index in [2.05, 4.69) is 0 Å². The van der Waals surface area contributed by atoms with Gasteiger partial charge in [-0.15, -0.1) is 0 Å². The van der Waals surface area contributed by atoms with Crippen molar-refractivity contribution in [3.8, 4) is 12.1 Å². The Kier molecular flexibility index (Phi) is 5.81. The highest BCUT2D eigenvalue weighted by Crippen LogP contribution is 2.20. The largest absolute Gasteiger partial charge is 0.342 e. The van der Waals surface area contributed by atoms with Gasteiger partial charge in [0.25, 0.3) is 0 Å². The van der Waals surface area contributed by atoms with Crippen molar-refractivity contribution >= 4 is 11.8 Å². The van der Waals surface area contributed by atoms with Gasteiger partial charge in [-0.2, -0.15) is 10.5 Å².